The van der Waals surface area contributed by atoms with Crippen molar-refractivity contribution in [3.63, 3.8) is 0 Å². The van der Waals surface area contributed by atoms with Crippen LogP contribution in [0.15, 0.2) is 60.1 Å². The molecule has 150 valence electrons. The lowest BCUT2D eigenvalue weighted by Gasteiger charge is -2.31. The predicted octanol–water partition coefficient (Wildman–Crippen LogP) is 1.97. The minimum Gasteiger partial charge on any atom is -0.495 e. The van der Waals surface area contributed by atoms with Crippen LogP contribution in [0.3, 0.4) is 0 Å². The zero-order valence-electron chi connectivity index (χ0n) is 16.1. The van der Waals surface area contributed by atoms with Gasteiger partial charge in [0.15, 0.2) is 11.5 Å². The number of halogens is 1. The molecule has 0 saturated carbocycles. The summed E-state index contributed by atoms with van der Waals surface area (Å²) in [4.78, 5) is 19.8. The van der Waals surface area contributed by atoms with E-state index in [-0.39, 0.29) is 6.17 Å². The molecular formula is C21H18ClN7O. The number of rotatable bonds is 4. The van der Waals surface area contributed by atoms with Crippen LogP contribution in [0.2, 0.25) is 5.02 Å². The lowest BCUT2D eigenvalue weighted by atomic mass is 10.2. The zero-order valence-corrected chi connectivity index (χ0v) is 16.9. The molecule has 0 bridgehead atoms. The molecule has 30 heavy (non-hydrogen) atoms. The summed E-state index contributed by atoms with van der Waals surface area (Å²) < 4.78 is 7.52. The molecule has 0 spiro atoms. The Balaban J connectivity index is 1.66. The van der Waals surface area contributed by atoms with Gasteiger partial charge in [-0.2, -0.15) is 0 Å². The van der Waals surface area contributed by atoms with Crippen LogP contribution >= 0.6 is 11.6 Å². The van der Waals surface area contributed by atoms with Gasteiger partial charge in [-0.3, -0.25) is 4.99 Å². The van der Waals surface area contributed by atoms with Crippen LogP contribution < -0.4 is 25.9 Å². The maximum Gasteiger partial charge on any atom is 0.165 e. The SMILES string of the molecule is COc1ccccc1N1C=c2c(Cl)cccc2=NC1Cn1cnc2c(N)ncnc21. The number of methoxy groups -OCH3 is 1. The average molecular weight is 420 g/mol. The fraction of sp³-hybridized carbons (Fsp3) is 0.143. The van der Waals surface area contributed by atoms with E-state index in [1.165, 1.54) is 6.33 Å². The van der Waals surface area contributed by atoms with E-state index in [4.69, 9.17) is 27.1 Å². The molecule has 0 saturated heterocycles. The molecule has 3 heterocycles. The monoisotopic (exact) mass is 419 g/mol. The fourth-order valence-corrected chi connectivity index (χ4v) is 3.84. The summed E-state index contributed by atoms with van der Waals surface area (Å²) >= 11 is 6.46. The molecule has 1 unspecified atom stereocenters. The number of nitrogens with zero attached hydrogens (tertiary/aromatic N) is 6. The van der Waals surface area contributed by atoms with Gasteiger partial charge >= 0.3 is 0 Å². The summed E-state index contributed by atoms with van der Waals surface area (Å²) in [5, 5.41) is 2.34. The van der Waals surface area contributed by atoms with Crippen molar-refractivity contribution < 1.29 is 4.74 Å². The highest BCUT2D eigenvalue weighted by Gasteiger charge is 2.24. The van der Waals surface area contributed by atoms with Crippen LogP contribution in [-0.4, -0.2) is 32.8 Å². The van der Waals surface area contributed by atoms with Crippen molar-refractivity contribution in [1.29, 1.82) is 0 Å². The number of hydrogen-bond donors (Lipinski definition) is 1. The lowest BCUT2D eigenvalue weighted by Crippen LogP contribution is -2.44. The van der Waals surface area contributed by atoms with Crippen molar-refractivity contribution in [3.8, 4) is 5.75 Å². The van der Waals surface area contributed by atoms with Crippen molar-refractivity contribution in [2.75, 3.05) is 17.7 Å². The van der Waals surface area contributed by atoms with E-state index in [0.717, 1.165) is 22.0 Å². The van der Waals surface area contributed by atoms with Gasteiger partial charge < -0.3 is 19.9 Å². The molecule has 2 N–H and O–H groups in total. The lowest BCUT2D eigenvalue weighted by molar-refractivity contribution is 0.413. The third-order valence-corrected chi connectivity index (χ3v) is 5.39. The number of aromatic nitrogens is 4. The van der Waals surface area contributed by atoms with Crippen LogP contribution in [-0.2, 0) is 6.54 Å². The molecule has 0 amide bonds. The zero-order chi connectivity index (χ0) is 20.7. The smallest absolute Gasteiger partial charge is 0.165 e. The van der Waals surface area contributed by atoms with E-state index >= 15 is 0 Å². The number of imidazole rings is 1. The number of benzene rings is 2. The second-order valence-corrected chi connectivity index (χ2v) is 7.23. The van der Waals surface area contributed by atoms with Crippen molar-refractivity contribution in [3.05, 3.63) is 70.7 Å². The van der Waals surface area contributed by atoms with Gasteiger partial charge in [-0.05, 0) is 24.3 Å². The normalized spacial score (nSPS) is 15.4. The molecule has 0 radical (unpaired) electrons. The third-order valence-electron chi connectivity index (χ3n) is 5.06. The predicted molar refractivity (Wildman–Crippen MR) is 116 cm³/mol. The van der Waals surface area contributed by atoms with Crippen LogP contribution in [0, 0.1) is 0 Å². The van der Waals surface area contributed by atoms with Gasteiger partial charge in [-0.1, -0.05) is 29.8 Å². The molecule has 2 aromatic heterocycles. The summed E-state index contributed by atoms with van der Waals surface area (Å²) in [5.74, 6) is 1.09. The Kier molecular flexibility index (Phi) is 4.48. The molecule has 1 aliphatic heterocycles. The van der Waals surface area contributed by atoms with E-state index in [9.17, 15) is 0 Å². The molecule has 2 aromatic carbocycles. The first-order valence-electron chi connectivity index (χ1n) is 9.32. The summed E-state index contributed by atoms with van der Waals surface area (Å²) in [6.45, 7) is 0.494. The number of fused-ring (bicyclic) bond motifs is 2. The van der Waals surface area contributed by atoms with Gasteiger partial charge in [0, 0.05) is 11.4 Å². The molecule has 8 nitrogen and oxygen atoms in total. The Bertz CT molecular complexity index is 1370. The number of nitrogens with two attached hydrogens (primary N) is 1. The Morgan fingerprint density at radius 2 is 1.97 bits per heavy atom. The second-order valence-electron chi connectivity index (χ2n) is 6.82. The summed E-state index contributed by atoms with van der Waals surface area (Å²) in [6, 6.07) is 13.5. The maximum atomic E-state index is 6.46. The number of nitrogen functional groups attached to an aromatic ring is 1. The minimum absolute atomic E-state index is 0.277. The van der Waals surface area contributed by atoms with Crippen LogP contribution in [0.1, 0.15) is 0 Å². The minimum atomic E-state index is -0.277. The van der Waals surface area contributed by atoms with Crippen molar-refractivity contribution in [2.24, 2.45) is 4.99 Å². The average Bonchev–Trinajstić information content (AvgIpc) is 3.18. The Labute approximate surface area is 176 Å². The van der Waals surface area contributed by atoms with Crippen molar-refractivity contribution >= 4 is 40.5 Å². The quantitative estimate of drug-likeness (QED) is 0.543. The first-order valence-corrected chi connectivity index (χ1v) is 9.70. The first kappa shape index (κ1) is 18.4. The van der Waals surface area contributed by atoms with E-state index in [0.29, 0.717) is 28.5 Å². The van der Waals surface area contributed by atoms with E-state index in [2.05, 4.69) is 19.9 Å². The molecule has 0 fully saturated rings. The highest BCUT2D eigenvalue weighted by Crippen LogP contribution is 2.31. The Morgan fingerprint density at radius 3 is 2.83 bits per heavy atom. The largest absolute Gasteiger partial charge is 0.495 e. The topological polar surface area (TPSA) is 94.5 Å². The van der Waals surface area contributed by atoms with Crippen LogP contribution in [0.25, 0.3) is 17.4 Å². The van der Waals surface area contributed by atoms with Gasteiger partial charge in [0.25, 0.3) is 0 Å². The van der Waals surface area contributed by atoms with E-state index in [1.807, 2.05) is 53.2 Å². The number of anilines is 2. The highest BCUT2D eigenvalue weighted by atomic mass is 35.5. The van der Waals surface area contributed by atoms with E-state index in [1.54, 1.807) is 13.4 Å². The van der Waals surface area contributed by atoms with Crippen LogP contribution in [0.5, 0.6) is 5.75 Å². The van der Waals surface area contributed by atoms with Gasteiger partial charge in [0.2, 0.25) is 0 Å². The Morgan fingerprint density at radius 1 is 1.10 bits per heavy atom. The molecule has 5 rings (SSSR count). The molecule has 4 aromatic rings. The second kappa shape index (κ2) is 7.31. The molecule has 0 aliphatic carbocycles. The van der Waals surface area contributed by atoms with Gasteiger partial charge in [-0.15, -0.1) is 0 Å². The number of hydrogen-bond acceptors (Lipinski definition) is 7. The fourth-order valence-electron chi connectivity index (χ4n) is 3.62. The number of para-hydroxylation sites is 2. The number of ether oxygens (including phenoxy) is 1. The Hall–Kier alpha value is -3.65. The maximum absolute atomic E-state index is 6.46. The summed E-state index contributed by atoms with van der Waals surface area (Å²) in [5.41, 5.74) is 8.06. The highest BCUT2D eigenvalue weighted by molar-refractivity contribution is 6.30. The van der Waals surface area contributed by atoms with Gasteiger partial charge in [0.05, 0.1) is 36.0 Å². The molecule has 9 heteroatoms. The van der Waals surface area contributed by atoms with Crippen molar-refractivity contribution in [1.82, 2.24) is 19.5 Å². The third kappa shape index (κ3) is 3.02. The summed E-state index contributed by atoms with van der Waals surface area (Å²) in [6.07, 6.45) is 4.88. The van der Waals surface area contributed by atoms with Crippen LogP contribution in [0.4, 0.5) is 11.5 Å². The molecule has 1 atom stereocenters. The molecule has 1 aliphatic rings. The van der Waals surface area contributed by atoms with Gasteiger partial charge in [-0.25, -0.2) is 15.0 Å². The first-order chi connectivity index (χ1) is 14.7. The standard InChI is InChI=1S/C21H18ClN7O/c1-30-17-8-3-2-7-16(17)29-9-13-14(22)5-4-6-15(13)27-18(29)10-28-12-26-19-20(23)24-11-25-21(19)28/h2-9,11-12,18H,10H2,1H3,(H2,23,24,25). The van der Waals surface area contributed by atoms with Crippen molar-refractivity contribution in [2.45, 2.75) is 12.7 Å². The molecular weight excluding hydrogens is 402 g/mol. The van der Waals surface area contributed by atoms with E-state index < -0.39 is 0 Å². The summed E-state index contributed by atoms with van der Waals surface area (Å²) in [7, 11) is 1.65. The van der Waals surface area contributed by atoms with Gasteiger partial charge in [0.1, 0.15) is 23.8 Å².